The molecule has 2 heterocycles. The van der Waals surface area contributed by atoms with Crippen LogP contribution in [0.3, 0.4) is 0 Å². The Bertz CT molecular complexity index is 538. The van der Waals surface area contributed by atoms with Crippen molar-refractivity contribution in [3.05, 3.63) is 16.1 Å². The zero-order valence-corrected chi connectivity index (χ0v) is 15.4. The molecule has 1 aliphatic carbocycles. The first kappa shape index (κ1) is 16.9. The zero-order valence-electron chi connectivity index (χ0n) is 14.5. The quantitative estimate of drug-likeness (QED) is 0.867. The first-order valence-corrected chi connectivity index (χ1v) is 9.93. The van der Waals surface area contributed by atoms with Gasteiger partial charge in [-0.2, -0.15) is 0 Å². The molecule has 2 fully saturated rings. The molecule has 2 aliphatic rings. The largest absolute Gasteiger partial charge is 0.342 e. The number of aromatic nitrogens is 1. The summed E-state index contributed by atoms with van der Waals surface area (Å²) in [5.41, 5.74) is 1.16. The van der Waals surface area contributed by atoms with Gasteiger partial charge in [0.25, 0.3) is 0 Å². The van der Waals surface area contributed by atoms with Gasteiger partial charge in [-0.15, -0.1) is 11.3 Å². The number of nitrogens with zero attached hydrogens (tertiary/aromatic N) is 2. The van der Waals surface area contributed by atoms with Crippen LogP contribution in [0.2, 0.25) is 0 Å². The lowest BCUT2D eigenvalue weighted by molar-refractivity contribution is -0.134. The van der Waals surface area contributed by atoms with E-state index < -0.39 is 0 Å². The second kappa shape index (κ2) is 7.31. The van der Waals surface area contributed by atoms with Gasteiger partial charge in [0, 0.05) is 42.9 Å². The predicted octanol–water partition coefficient (Wildman–Crippen LogP) is 3.39. The lowest BCUT2D eigenvalue weighted by atomic mass is 9.89. The summed E-state index contributed by atoms with van der Waals surface area (Å²) in [6.07, 6.45) is 4.41. The van der Waals surface area contributed by atoms with Crippen molar-refractivity contribution in [3.8, 4) is 0 Å². The minimum Gasteiger partial charge on any atom is -0.342 e. The van der Waals surface area contributed by atoms with Crippen LogP contribution < -0.4 is 5.32 Å². The van der Waals surface area contributed by atoms with E-state index in [-0.39, 0.29) is 0 Å². The molecule has 1 saturated heterocycles. The summed E-state index contributed by atoms with van der Waals surface area (Å²) in [5.74, 6) is 1.83. The maximum Gasteiger partial charge on any atom is 0.225 e. The van der Waals surface area contributed by atoms with Crippen LogP contribution in [-0.2, 0) is 11.3 Å². The van der Waals surface area contributed by atoms with Crippen LogP contribution in [0.25, 0.3) is 0 Å². The zero-order chi connectivity index (χ0) is 16.4. The van der Waals surface area contributed by atoms with E-state index in [9.17, 15) is 4.79 Å². The van der Waals surface area contributed by atoms with Gasteiger partial charge in [0.15, 0.2) is 0 Å². The summed E-state index contributed by atoms with van der Waals surface area (Å²) in [6, 6.07) is 0.507. The maximum atomic E-state index is 12.3. The van der Waals surface area contributed by atoms with Gasteiger partial charge < -0.3 is 10.2 Å². The number of likely N-dealkylation sites (tertiary alicyclic amines) is 1. The third-order valence-corrected chi connectivity index (χ3v) is 6.30. The van der Waals surface area contributed by atoms with Gasteiger partial charge in [0.1, 0.15) is 0 Å². The lowest BCUT2D eigenvalue weighted by Gasteiger charge is -2.39. The third-order valence-electron chi connectivity index (χ3n) is 5.11. The highest BCUT2D eigenvalue weighted by Crippen LogP contribution is 2.33. The highest BCUT2D eigenvalue weighted by atomic mass is 32.1. The van der Waals surface area contributed by atoms with Crippen LogP contribution in [0.5, 0.6) is 0 Å². The molecule has 3 rings (SSSR count). The fourth-order valence-corrected chi connectivity index (χ4v) is 4.24. The fraction of sp³-hybridized carbons (Fsp3) is 0.778. The van der Waals surface area contributed by atoms with Crippen molar-refractivity contribution in [2.45, 2.75) is 65.0 Å². The molecule has 1 N–H and O–H groups in total. The Morgan fingerprint density at radius 3 is 2.83 bits per heavy atom. The minimum absolute atomic E-state index is 0.349. The molecular formula is C18H29N3OS. The van der Waals surface area contributed by atoms with Crippen molar-refractivity contribution in [1.29, 1.82) is 0 Å². The van der Waals surface area contributed by atoms with Crippen LogP contribution in [0.1, 0.15) is 63.1 Å². The number of thiazole rings is 1. The summed E-state index contributed by atoms with van der Waals surface area (Å²) in [6.45, 7) is 9.31. The van der Waals surface area contributed by atoms with E-state index in [0.717, 1.165) is 51.0 Å². The van der Waals surface area contributed by atoms with E-state index in [1.165, 1.54) is 5.01 Å². The van der Waals surface area contributed by atoms with Crippen LogP contribution in [0, 0.1) is 11.8 Å². The van der Waals surface area contributed by atoms with Crippen molar-refractivity contribution in [2.24, 2.45) is 11.8 Å². The number of rotatable bonds is 6. The second-order valence-corrected chi connectivity index (χ2v) is 8.22. The second-order valence-electron chi connectivity index (χ2n) is 7.33. The van der Waals surface area contributed by atoms with E-state index in [0.29, 0.717) is 29.7 Å². The van der Waals surface area contributed by atoms with E-state index in [1.54, 1.807) is 11.3 Å². The van der Waals surface area contributed by atoms with Gasteiger partial charge in [-0.05, 0) is 25.2 Å². The topological polar surface area (TPSA) is 45.2 Å². The van der Waals surface area contributed by atoms with Gasteiger partial charge in [0.2, 0.25) is 5.91 Å². The van der Waals surface area contributed by atoms with E-state index in [2.05, 4.69) is 36.4 Å². The molecule has 4 nitrogen and oxygen atoms in total. The molecule has 5 heteroatoms. The highest BCUT2D eigenvalue weighted by molar-refractivity contribution is 7.09. The number of amides is 1. The van der Waals surface area contributed by atoms with Crippen molar-refractivity contribution in [2.75, 3.05) is 13.1 Å². The molecule has 2 atom stereocenters. The fourth-order valence-electron chi connectivity index (χ4n) is 3.41. The summed E-state index contributed by atoms with van der Waals surface area (Å²) in [4.78, 5) is 19.1. The summed E-state index contributed by atoms with van der Waals surface area (Å²) < 4.78 is 0. The highest BCUT2D eigenvalue weighted by Gasteiger charge is 2.37. The van der Waals surface area contributed by atoms with Gasteiger partial charge in [-0.1, -0.05) is 27.2 Å². The number of carbonyl (C=O) groups is 1. The molecule has 0 bridgehead atoms. The molecule has 0 radical (unpaired) electrons. The van der Waals surface area contributed by atoms with Crippen LogP contribution in [0.15, 0.2) is 5.38 Å². The van der Waals surface area contributed by atoms with Crippen LogP contribution in [-0.4, -0.2) is 34.9 Å². The van der Waals surface area contributed by atoms with Gasteiger partial charge in [0.05, 0.1) is 10.7 Å². The third kappa shape index (κ3) is 4.13. The van der Waals surface area contributed by atoms with Gasteiger partial charge in [-0.25, -0.2) is 4.98 Å². The average Bonchev–Trinajstić information content (AvgIpc) is 3.29. The van der Waals surface area contributed by atoms with Gasteiger partial charge in [-0.3, -0.25) is 4.79 Å². The molecule has 0 unspecified atom stereocenters. The van der Waals surface area contributed by atoms with Crippen LogP contribution >= 0.6 is 11.3 Å². The molecule has 1 aromatic rings. The Hall–Kier alpha value is -0.940. The van der Waals surface area contributed by atoms with Crippen molar-refractivity contribution < 1.29 is 4.79 Å². The number of hydrogen-bond donors (Lipinski definition) is 1. The summed E-state index contributed by atoms with van der Waals surface area (Å²) in [7, 11) is 0. The van der Waals surface area contributed by atoms with E-state index in [4.69, 9.17) is 4.98 Å². The standard InChI is InChI=1S/C18H29N3OS/c1-4-13-10-21(18(22)14-5-6-14)8-7-16(13)19-9-15-11-23-17(20-15)12(2)3/h11-14,16,19H,4-10H2,1-3H3/t13-,16-/m1/s1. The molecule has 1 amide bonds. The summed E-state index contributed by atoms with van der Waals surface area (Å²) in [5, 5.41) is 7.10. The first-order valence-electron chi connectivity index (χ1n) is 9.05. The Morgan fingerprint density at radius 2 is 2.22 bits per heavy atom. The first-order chi connectivity index (χ1) is 11.1. The smallest absolute Gasteiger partial charge is 0.225 e. The number of hydrogen-bond acceptors (Lipinski definition) is 4. The number of piperidine rings is 1. The average molecular weight is 336 g/mol. The number of nitrogens with one attached hydrogen (secondary N) is 1. The lowest BCUT2D eigenvalue weighted by Crippen LogP contribution is -2.51. The molecule has 23 heavy (non-hydrogen) atoms. The minimum atomic E-state index is 0.349. The Kier molecular flexibility index (Phi) is 5.37. The van der Waals surface area contributed by atoms with Crippen molar-refractivity contribution in [1.82, 2.24) is 15.2 Å². The Labute approximate surface area is 143 Å². The Morgan fingerprint density at radius 1 is 1.43 bits per heavy atom. The normalized spacial score (nSPS) is 25.1. The van der Waals surface area contributed by atoms with Crippen LogP contribution in [0.4, 0.5) is 0 Å². The molecule has 1 aromatic heterocycles. The predicted molar refractivity (Wildman–Crippen MR) is 94.5 cm³/mol. The molecule has 128 valence electrons. The monoisotopic (exact) mass is 335 g/mol. The maximum absolute atomic E-state index is 12.3. The number of carbonyl (C=O) groups excluding carboxylic acids is 1. The molecule has 0 spiro atoms. The summed E-state index contributed by atoms with van der Waals surface area (Å²) >= 11 is 1.76. The van der Waals surface area contributed by atoms with E-state index >= 15 is 0 Å². The molecular weight excluding hydrogens is 306 g/mol. The Balaban J connectivity index is 1.52. The van der Waals surface area contributed by atoms with Gasteiger partial charge >= 0.3 is 0 Å². The SMILES string of the molecule is CC[C@@H]1CN(C(=O)C2CC2)CC[C@H]1NCc1csc(C(C)C)n1. The molecule has 1 saturated carbocycles. The van der Waals surface area contributed by atoms with E-state index in [1.807, 2.05) is 0 Å². The molecule has 1 aliphatic heterocycles. The van der Waals surface area contributed by atoms with Crippen molar-refractivity contribution in [3.63, 3.8) is 0 Å². The molecule has 0 aromatic carbocycles. The van der Waals surface area contributed by atoms with Crippen molar-refractivity contribution >= 4 is 17.2 Å².